The van der Waals surface area contributed by atoms with Crippen molar-refractivity contribution >= 4 is 45.0 Å². The molecule has 0 amide bonds. The minimum atomic E-state index is 0.189. The van der Waals surface area contributed by atoms with Crippen LogP contribution in [0, 0.1) is 12.8 Å². The second-order valence-corrected chi connectivity index (χ2v) is 7.90. The third kappa shape index (κ3) is 4.68. The molecule has 3 aromatic rings. The average Bonchev–Trinajstić information content (AvgIpc) is 2.93. The molecule has 6 heteroatoms. The molecule has 0 bridgehead atoms. The Labute approximate surface area is 161 Å². The smallest absolute Gasteiger partial charge is 0.219 e. The fourth-order valence-corrected chi connectivity index (χ4v) is 3.62. The van der Waals surface area contributed by atoms with Crippen molar-refractivity contribution < 1.29 is 9.53 Å². The molecule has 0 radical (unpaired) electrons. The summed E-state index contributed by atoms with van der Waals surface area (Å²) < 4.78 is 6.86. The van der Waals surface area contributed by atoms with Gasteiger partial charge in [-0.2, -0.15) is 0 Å². The van der Waals surface area contributed by atoms with Crippen LogP contribution < -0.4 is 4.74 Å². The van der Waals surface area contributed by atoms with E-state index >= 15 is 0 Å². The molecule has 0 fully saturated rings. The van der Waals surface area contributed by atoms with E-state index in [9.17, 15) is 4.79 Å². The van der Waals surface area contributed by atoms with E-state index < -0.39 is 0 Å². The summed E-state index contributed by atoms with van der Waals surface area (Å²) in [5, 5.41) is 1.49. The summed E-state index contributed by atoms with van der Waals surface area (Å²) in [5.41, 5.74) is 1.82. The van der Waals surface area contributed by atoms with E-state index in [0.717, 1.165) is 20.8 Å². The summed E-state index contributed by atoms with van der Waals surface area (Å²) in [7, 11) is 0. The largest absolute Gasteiger partial charge is 0.437 e. The summed E-state index contributed by atoms with van der Waals surface area (Å²) in [4.78, 5) is 19.9. The van der Waals surface area contributed by atoms with Gasteiger partial charge in [-0.1, -0.05) is 30.7 Å². The van der Waals surface area contributed by atoms with Crippen LogP contribution in [0.1, 0.15) is 30.8 Å². The molecule has 26 heavy (non-hydrogen) atoms. The van der Waals surface area contributed by atoms with Crippen molar-refractivity contribution in [1.29, 1.82) is 0 Å². The van der Waals surface area contributed by atoms with E-state index in [2.05, 4.69) is 9.97 Å². The molecular weight excluding hydrogens is 368 g/mol. The monoisotopic (exact) mass is 386 g/mol. The standard InChI is InChI=1S/C20H19ClN2O2S/c1-12(8-13(2)24)4-5-15-6-7-20(22-11-15)25-18-10-19-17(9-16(18)21)23-14(3)26-19/h4-7,9-12H,8H2,1-3H3/b5-4+/t12-/m0/s1. The molecule has 0 aliphatic carbocycles. The Hall–Kier alpha value is -2.24. The van der Waals surface area contributed by atoms with Crippen molar-refractivity contribution in [2.45, 2.75) is 27.2 Å². The van der Waals surface area contributed by atoms with Crippen LogP contribution in [0.5, 0.6) is 11.6 Å². The van der Waals surface area contributed by atoms with Crippen LogP contribution in [0.4, 0.5) is 0 Å². The Morgan fingerprint density at radius 3 is 2.88 bits per heavy atom. The van der Waals surface area contributed by atoms with Crippen molar-refractivity contribution in [2.24, 2.45) is 5.92 Å². The Morgan fingerprint density at radius 1 is 1.38 bits per heavy atom. The van der Waals surface area contributed by atoms with Crippen molar-refractivity contribution in [3.05, 3.63) is 52.1 Å². The number of ether oxygens (including phenoxy) is 1. The van der Waals surface area contributed by atoms with E-state index in [-0.39, 0.29) is 11.7 Å². The van der Waals surface area contributed by atoms with E-state index in [1.807, 2.05) is 44.2 Å². The molecule has 0 aliphatic rings. The number of Topliss-reactive ketones (excluding diaryl/α,β-unsaturated/α-hetero) is 1. The van der Waals surface area contributed by atoms with Crippen LogP contribution in [0.15, 0.2) is 36.5 Å². The first-order valence-corrected chi connectivity index (χ1v) is 9.48. The number of halogens is 1. The highest BCUT2D eigenvalue weighted by Crippen LogP contribution is 2.35. The summed E-state index contributed by atoms with van der Waals surface area (Å²) in [5.74, 6) is 1.43. The highest BCUT2D eigenvalue weighted by atomic mass is 35.5. The zero-order valence-corrected chi connectivity index (χ0v) is 16.4. The second-order valence-electron chi connectivity index (χ2n) is 6.26. The van der Waals surface area contributed by atoms with Gasteiger partial charge >= 0.3 is 0 Å². The van der Waals surface area contributed by atoms with Gasteiger partial charge in [0, 0.05) is 24.8 Å². The van der Waals surface area contributed by atoms with E-state index in [1.165, 1.54) is 0 Å². The Kier molecular flexibility index (Phi) is 5.69. The number of fused-ring (bicyclic) bond motifs is 1. The van der Waals surface area contributed by atoms with E-state index in [4.69, 9.17) is 16.3 Å². The molecule has 0 unspecified atom stereocenters. The highest BCUT2D eigenvalue weighted by molar-refractivity contribution is 7.18. The molecule has 0 saturated carbocycles. The predicted molar refractivity (Wildman–Crippen MR) is 107 cm³/mol. The third-order valence-electron chi connectivity index (χ3n) is 3.75. The Balaban J connectivity index is 1.72. The van der Waals surface area contributed by atoms with Crippen LogP contribution in [-0.2, 0) is 4.79 Å². The summed E-state index contributed by atoms with van der Waals surface area (Å²) in [6.45, 7) is 5.58. The van der Waals surface area contributed by atoms with Crippen LogP contribution >= 0.6 is 22.9 Å². The lowest BCUT2D eigenvalue weighted by Gasteiger charge is -2.07. The first-order chi connectivity index (χ1) is 12.4. The minimum absolute atomic E-state index is 0.189. The second kappa shape index (κ2) is 7.98. The normalized spacial score (nSPS) is 12.6. The molecule has 2 heterocycles. The van der Waals surface area contributed by atoms with Crippen molar-refractivity contribution in [3.63, 3.8) is 0 Å². The summed E-state index contributed by atoms with van der Waals surface area (Å²) >= 11 is 7.89. The fraction of sp³-hybridized carbons (Fsp3) is 0.250. The number of hydrogen-bond donors (Lipinski definition) is 0. The molecule has 3 rings (SSSR count). The van der Waals surface area contributed by atoms with Crippen molar-refractivity contribution in [2.75, 3.05) is 0 Å². The van der Waals surface area contributed by atoms with Gasteiger partial charge in [0.25, 0.3) is 0 Å². The van der Waals surface area contributed by atoms with Gasteiger partial charge in [-0.05, 0) is 37.5 Å². The van der Waals surface area contributed by atoms with Crippen LogP contribution in [0.3, 0.4) is 0 Å². The molecule has 0 N–H and O–H groups in total. The third-order valence-corrected chi connectivity index (χ3v) is 4.98. The van der Waals surface area contributed by atoms with Crippen LogP contribution in [0.25, 0.3) is 16.3 Å². The zero-order chi connectivity index (χ0) is 18.7. The number of aromatic nitrogens is 2. The molecule has 1 aromatic carbocycles. The fourth-order valence-electron chi connectivity index (χ4n) is 2.58. The topological polar surface area (TPSA) is 52.1 Å². The number of aryl methyl sites for hydroxylation is 1. The molecular formula is C20H19ClN2O2S. The number of hydrogen-bond acceptors (Lipinski definition) is 5. The zero-order valence-electron chi connectivity index (χ0n) is 14.8. The van der Waals surface area contributed by atoms with Crippen LogP contribution in [0.2, 0.25) is 5.02 Å². The van der Waals surface area contributed by atoms with E-state index in [0.29, 0.717) is 23.1 Å². The maximum absolute atomic E-state index is 11.1. The number of pyridine rings is 1. The molecule has 0 spiro atoms. The van der Waals surface area contributed by atoms with Crippen LogP contribution in [-0.4, -0.2) is 15.8 Å². The number of thiazole rings is 1. The minimum Gasteiger partial charge on any atom is -0.437 e. The van der Waals surface area contributed by atoms with Gasteiger partial charge in [-0.25, -0.2) is 9.97 Å². The maximum Gasteiger partial charge on any atom is 0.219 e. The molecule has 1 atom stereocenters. The number of nitrogens with zero attached hydrogens (tertiary/aromatic N) is 2. The number of carbonyl (C=O) groups excluding carboxylic acids is 1. The quantitative estimate of drug-likeness (QED) is 0.515. The molecule has 2 aromatic heterocycles. The van der Waals surface area contributed by atoms with Crippen molar-refractivity contribution in [3.8, 4) is 11.6 Å². The Morgan fingerprint density at radius 2 is 2.19 bits per heavy atom. The first-order valence-electron chi connectivity index (χ1n) is 8.29. The highest BCUT2D eigenvalue weighted by Gasteiger charge is 2.09. The maximum atomic E-state index is 11.1. The molecule has 0 saturated heterocycles. The molecule has 4 nitrogen and oxygen atoms in total. The van der Waals surface area contributed by atoms with E-state index in [1.54, 1.807) is 30.5 Å². The average molecular weight is 387 g/mol. The number of carbonyl (C=O) groups is 1. The number of ketones is 1. The number of benzene rings is 1. The SMILES string of the molecule is CC(=O)C[C@@H](C)/C=C/c1ccc(Oc2cc3sc(C)nc3cc2Cl)nc1. The van der Waals surface area contributed by atoms with Crippen molar-refractivity contribution in [1.82, 2.24) is 9.97 Å². The number of allylic oxidation sites excluding steroid dienone is 1. The van der Waals surface area contributed by atoms with Gasteiger partial charge < -0.3 is 9.53 Å². The Bertz CT molecular complexity index is 964. The summed E-state index contributed by atoms with van der Waals surface area (Å²) in [6, 6.07) is 7.42. The number of rotatable bonds is 6. The lowest BCUT2D eigenvalue weighted by Crippen LogP contribution is -1.97. The van der Waals surface area contributed by atoms with Gasteiger partial charge in [0.05, 0.1) is 20.2 Å². The molecule has 134 valence electrons. The lowest BCUT2D eigenvalue weighted by atomic mass is 10.0. The van der Waals surface area contributed by atoms with Gasteiger partial charge in [-0.15, -0.1) is 11.3 Å². The summed E-state index contributed by atoms with van der Waals surface area (Å²) in [6.07, 6.45) is 6.25. The lowest BCUT2D eigenvalue weighted by molar-refractivity contribution is -0.117. The first kappa shape index (κ1) is 18.5. The van der Waals surface area contributed by atoms with Gasteiger partial charge in [-0.3, -0.25) is 0 Å². The van der Waals surface area contributed by atoms with Gasteiger partial charge in [0.2, 0.25) is 5.88 Å². The molecule has 0 aliphatic heterocycles. The predicted octanol–water partition coefficient (Wildman–Crippen LogP) is 6.07. The van der Waals surface area contributed by atoms with Gasteiger partial charge in [0.1, 0.15) is 11.5 Å². The van der Waals surface area contributed by atoms with Gasteiger partial charge in [0.15, 0.2) is 0 Å².